The van der Waals surface area contributed by atoms with Gasteiger partial charge in [0.15, 0.2) is 0 Å². The minimum atomic E-state index is 0. The van der Waals surface area contributed by atoms with Crippen molar-refractivity contribution in [3.63, 3.8) is 0 Å². The summed E-state index contributed by atoms with van der Waals surface area (Å²) in [5.41, 5.74) is 2.75. The molecule has 1 fully saturated rings. The van der Waals surface area contributed by atoms with Gasteiger partial charge in [0.25, 0.3) is 0 Å². The normalized spacial score (nSPS) is 15.9. The Labute approximate surface area is 109 Å². The van der Waals surface area contributed by atoms with Gasteiger partial charge in [-0.25, -0.2) is 0 Å². The van der Waals surface area contributed by atoms with Crippen LogP contribution in [0.4, 0.5) is 5.69 Å². The van der Waals surface area contributed by atoms with E-state index in [0.29, 0.717) is 0 Å². The Kier molecular flexibility index (Phi) is 3.63. The van der Waals surface area contributed by atoms with Crippen LogP contribution in [0, 0.1) is 0 Å². The van der Waals surface area contributed by atoms with Gasteiger partial charge in [0.1, 0.15) is 0 Å². The van der Waals surface area contributed by atoms with E-state index in [2.05, 4.69) is 47.0 Å². The molecule has 0 saturated carbocycles. The molecule has 1 aliphatic heterocycles. The van der Waals surface area contributed by atoms with E-state index in [1.807, 2.05) is 0 Å². The second-order valence-corrected chi connectivity index (χ2v) is 4.69. The predicted molar refractivity (Wildman–Crippen MR) is 76.2 cm³/mol. The fraction of sp³-hybridized carbons (Fsp3) is 0.429. The molecule has 92 valence electrons. The highest BCUT2D eigenvalue weighted by molar-refractivity contribution is 5.93. The molecule has 1 saturated heterocycles. The Morgan fingerprint density at radius 1 is 1.00 bits per heavy atom. The van der Waals surface area contributed by atoms with Crippen LogP contribution >= 0.6 is 12.4 Å². The van der Waals surface area contributed by atoms with Crippen LogP contribution in [0.5, 0.6) is 0 Å². The third-order valence-electron chi connectivity index (χ3n) is 3.57. The number of halogens is 1. The summed E-state index contributed by atoms with van der Waals surface area (Å²) in [7, 11) is 2.13. The number of fused-ring (bicyclic) bond motifs is 1. The monoisotopic (exact) mass is 250 g/mol. The largest absolute Gasteiger partial charge is 0.370 e. The number of aryl methyl sites for hydroxylation is 1. The first-order valence-electron chi connectivity index (χ1n) is 6.15. The lowest BCUT2D eigenvalue weighted by Crippen LogP contribution is -2.29. The van der Waals surface area contributed by atoms with E-state index in [1.165, 1.54) is 48.9 Å². The van der Waals surface area contributed by atoms with Gasteiger partial charge < -0.3 is 9.47 Å². The molecule has 0 bridgehead atoms. The van der Waals surface area contributed by atoms with Gasteiger partial charge in [-0.2, -0.15) is 0 Å². The molecule has 0 N–H and O–H groups in total. The van der Waals surface area contributed by atoms with Crippen molar-refractivity contribution in [2.45, 2.75) is 19.3 Å². The average molecular weight is 251 g/mol. The van der Waals surface area contributed by atoms with Gasteiger partial charge in [-0.1, -0.05) is 18.2 Å². The van der Waals surface area contributed by atoms with Gasteiger partial charge in [-0.3, -0.25) is 0 Å². The first-order chi connectivity index (χ1) is 7.86. The fourth-order valence-corrected chi connectivity index (χ4v) is 2.71. The van der Waals surface area contributed by atoms with E-state index in [0.717, 1.165) is 0 Å². The molecule has 1 aliphatic rings. The molecule has 1 aromatic heterocycles. The van der Waals surface area contributed by atoms with E-state index < -0.39 is 0 Å². The van der Waals surface area contributed by atoms with Gasteiger partial charge in [-0.05, 0) is 25.3 Å². The zero-order valence-electron chi connectivity index (χ0n) is 10.2. The number of hydrogen-bond acceptors (Lipinski definition) is 1. The summed E-state index contributed by atoms with van der Waals surface area (Å²) >= 11 is 0. The van der Waals surface area contributed by atoms with E-state index in [1.54, 1.807) is 0 Å². The third kappa shape index (κ3) is 2.14. The smallest absolute Gasteiger partial charge is 0.0625 e. The minimum absolute atomic E-state index is 0. The molecule has 3 heteroatoms. The van der Waals surface area contributed by atoms with Crippen molar-refractivity contribution in [2.75, 3.05) is 18.0 Å². The average Bonchev–Trinajstić information content (AvgIpc) is 2.69. The van der Waals surface area contributed by atoms with Crippen LogP contribution < -0.4 is 4.90 Å². The first kappa shape index (κ1) is 12.3. The van der Waals surface area contributed by atoms with Crippen LogP contribution in [0.15, 0.2) is 30.5 Å². The van der Waals surface area contributed by atoms with Crippen molar-refractivity contribution in [3.8, 4) is 0 Å². The van der Waals surface area contributed by atoms with Gasteiger partial charge in [0.05, 0.1) is 5.69 Å². The number of nitrogens with zero attached hydrogens (tertiary/aromatic N) is 2. The van der Waals surface area contributed by atoms with Gasteiger partial charge in [0, 0.05) is 37.2 Å². The van der Waals surface area contributed by atoms with Gasteiger partial charge in [-0.15, -0.1) is 12.4 Å². The topological polar surface area (TPSA) is 8.17 Å². The second-order valence-electron chi connectivity index (χ2n) is 4.69. The van der Waals surface area contributed by atoms with E-state index in [4.69, 9.17) is 0 Å². The van der Waals surface area contributed by atoms with Crippen molar-refractivity contribution in [2.24, 2.45) is 7.05 Å². The molecule has 1 aromatic carbocycles. The maximum Gasteiger partial charge on any atom is 0.0625 e. The highest BCUT2D eigenvalue weighted by Crippen LogP contribution is 2.30. The van der Waals surface area contributed by atoms with E-state index in [-0.39, 0.29) is 12.4 Å². The Bertz CT molecular complexity index is 498. The maximum atomic E-state index is 2.53. The molecular weight excluding hydrogens is 232 g/mol. The van der Waals surface area contributed by atoms with E-state index >= 15 is 0 Å². The van der Waals surface area contributed by atoms with Crippen molar-refractivity contribution in [1.29, 1.82) is 0 Å². The zero-order chi connectivity index (χ0) is 11.0. The van der Waals surface area contributed by atoms with Crippen LogP contribution in [0.1, 0.15) is 19.3 Å². The van der Waals surface area contributed by atoms with Crippen molar-refractivity contribution < 1.29 is 0 Å². The maximum absolute atomic E-state index is 2.53. The number of benzene rings is 1. The SMILES string of the molecule is Cl.Cn1cc(N2CCCCC2)c2ccccc21. The molecule has 0 aliphatic carbocycles. The third-order valence-corrected chi connectivity index (χ3v) is 3.57. The highest BCUT2D eigenvalue weighted by Gasteiger charge is 2.15. The molecular formula is C14H19ClN2. The van der Waals surface area contributed by atoms with Crippen molar-refractivity contribution in [1.82, 2.24) is 4.57 Å². The summed E-state index contributed by atoms with van der Waals surface area (Å²) in [5.74, 6) is 0. The number of rotatable bonds is 1. The van der Waals surface area contributed by atoms with Crippen LogP contribution in [-0.4, -0.2) is 17.7 Å². The summed E-state index contributed by atoms with van der Waals surface area (Å²) in [5, 5.41) is 1.40. The fourth-order valence-electron chi connectivity index (χ4n) is 2.71. The van der Waals surface area contributed by atoms with E-state index in [9.17, 15) is 0 Å². The number of para-hydroxylation sites is 1. The van der Waals surface area contributed by atoms with Crippen LogP contribution in [-0.2, 0) is 7.05 Å². The number of piperidine rings is 1. The zero-order valence-corrected chi connectivity index (χ0v) is 11.0. The molecule has 0 spiro atoms. The molecule has 0 atom stereocenters. The second kappa shape index (κ2) is 5.01. The first-order valence-corrected chi connectivity index (χ1v) is 6.15. The Morgan fingerprint density at radius 2 is 1.71 bits per heavy atom. The van der Waals surface area contributed by atoms with Crippen molar-refractivity contribution in [3.05, 3.63) is 30.5 Å². The standard InChI is InChI=1S/C14H18N2.ClH/c1-15-11-14(16-9-5-2-6-10-16)12-7-3-4-8-13(12)15;/h3-4,7-8,11H,2,5-6,9-10H2,1H3;1H. The molecule has 2 aromatic rings. The summed E-state index contributed by atoms with van der Waals surface area (Å²) in [6.07, 6.45) is 6.34. The predicted octanol–water partition coefficient (Wildman–Crippen LogP) is 3.59. The Morgan fingerprint density at radius 3 is 2.47 bits per heavy atom. The molecule has 2 heterocycles. The highest BCUT2D eigenvalue weighted by atomic mass is 35.5. The van der Waals surface area contributed by atoms with Crippen LogP contribution in [0.25, 0.3) is 10.9 Å². The Hall–Kier alpha value is -1.15. The summed E-state index contributed by atoms with van der Waals surface area (Å²) in [6, 6.07) is 8.68. The lowest BCUT2D eigenvalue weighted by molar-refractivity contribution is 0.578. The van der Waals surface area contributed by atoms with Gasteiger partial charge >= 0.3 is 0 Å². The summed E-state index contributed by atoms with van der Waals surface area (Å²) in [4.78, 5) is 2.53. The number of aromatic nitrogens is 1. The Balaban J connectivity index is 0.00000108. The molecule has 2 nitrogen and oxygen atoms in total. The molecule has 0 amide bonds. The number of anilines is 1. The van der Waals surface area contributed by atoms with Crippen LogP contribution in [0.2, 0.25) is 0 Å². The summed E-state index contributed by atoms with van der Waals surface area (Å²) in [6.45, 7) is 2.43. The molecule has 0 radical (unpaired) electrons. The van der Waals surface area contributed by atoms with Crippen LogP contribution in [0.3, 0.4) is 0 Å². The molecule has 3 rings (SSSR count). The lowest BCUT2D eigenvalue weighted by Gasteiger charge is -2.28. The van der Waals surface area contributed by atoms with Crippen molar-refractivity contribution >= 4 is 29.0 Å². The number of hydrogen-bond donors (Lipinski definition) is 0. The van der Waals surface area contributed by atoms with Gasteiger partial charge in [0.2, 0.25) is 0 Å². The molecule has 17 heavy (non-hydrogen) atoms. The lowest BCUT2D eigenvalue weighted by atomic mass is 10.1. The molecule has 0 unspecified atom stereocenters. The minimum Gasteiger partial charge on any atom is -0.370 e. The summed E-state index contributed by atoms with van der Waals surface area (Å²) < 4.78 is 2.24. The quantitative estimate of drug-likeness (QED) is 0.751.